The highest BCUT2D eigenvalue weighted by Crippen LogP contribution is 2.16. The number of aromatic nitrogens is 3. The van der Waals surface area contributed by atoms with Gasteiger partial charge in [0, 0.05) is 0 Å². The SMILES string of the molecule is CCCCCCCCCCCCCCCCCCN.CCCCCCCCCCCCCCCCCCN.CCCCCCCCCCCCCCCCCCN.Sc1nc(S)nc(S)n1. The fraction of sp³-hybridized carbons (Fsp3) is 0.947. The Balaban J connectivity index is -0.000000823. The molecule has 0 bridgehead atoms. The van der Waals surface area contributed by atoms with E-state index in [2.05, 4.69) is 73.6 Å². The van der Waals surface area contributed by atoms with Crippen molar-refractivity contribution < 1.29 is 0 Å². The Hall–Kier alpha value is -0.0600. The van der Waals surface area contributed by atoms with E-state index in [1.807, 2.05) is 0 Å². The number of rotatable bonds is 48. The summed E-state index contributed by atoms with van der Waals surface area (Å²) in [4.78, 5) is 11.1. The van der Waals surface area contributed by atoms with E-state index in [1.54, 1.807) is 0 Å². The number of hydrogen-bond donors (Lipinski definition) is 6. The van der Waals surface area contributed by atoms with Crippen molar-refractivity contribution in [2.24, 2.45) is 17.2 Å². The average Bonchev–Trinajstić information content (AvgIpc) is 3.30. The van der Waals surface area contributed by atoms with E-state index in [-0.39, 0.29) is 0 Å². The van der Waals surface area contributed by atoms with Gasteiger partial charge in [-0.15, -0.1) is 37.9 Å². The van der Waals surface area contributed by atoms with Gasteiger partial charge in [-0.2, -0.15) is 15.0 Å². The van der Waals surface area contributed by atoms with E-state index in [1.165, 1.54) is 308 Å². The quantitative estimate of drug-likeness (QED) is 0.0286. The van der Waals surface area contributed by atoms with Gasteiger partial charge in [0.1, 0.15) is 0 Å². The normalized spacial score (nSPS) is 10.9. The molecular weight excluding hydrogens is 865 g/mol. The summed E-state index contributed by atoms with van der Waals surface area (Å²) in [7, 11) is 0. The minimum absolute atomic E-state index is 0.333. The minimum atomic E-state index is 0.333. The third-order valence-corrected chi connectivity index (χ3v) is 13.4. The molecule has 6 nitrogen and oxygen atoms in total. The van der Waals surface area contributed by atoms with Crippen LogP contribution in [0.25, 0.3) is 0 Å². The fourth-order valence-electron chi connectivity index (χ4n) is 8.42. The molecule has 66 heavy (non-hydrogen) atoms. The molecule has 0 unspecified atom stereocenters. The van der Waals surface area contributed by atoms with E-state index in [0.717, 1.165) is 19.6 Å². The first-order chi connectivity index (χ1) is 32.4. The highest BCUT2D eigenvalue weighted by molar-refractivity contribution is 7.81. The monoisotopic (exact) mass is 985 g/mol. The molecule has 0 saturated carbocycles. The molecule has 0 aliphatic heterocycles. The number of unbranched alkanes of at least 4 members (excludes halogenated alkanes) is 45. The number of thiol groups is 3. The van der Waals surface area contributed by atoms with Crippen LogP contribution in [0.4, 0.5) is 0 Å². The fourth-order valence-corrected chi connectivity index (χ4v) is 9.23. The molecule has 0 amide bonds. The van der Waals surface area contributed by atoms with Crippen LogP contribution in [0.2, 0.25) is 0 Å². The van der Waals surface area contributed by atoms with Gasteiger partial charge in [-0.1, -0.05) is 310 Å². The van der Waals surface area contributed by atoms with Gasteiger partial charge in [0.25, 0.3) is 0 Å². The second-order valence-corrected chi connectivity index (χ2v) is 20.7. The summed E-state index contributed by atoms with van der Waals surface area (Å²) in [6.07, 6.45) is 68.6. The maximum absolute atomic E-state index is 5.48. The minimum Gasteiger partial charge on any atom is -0.330 e. The molecule has 1 rings (SSSR count). The maximum Gasteiger partial charge on any atom is 0.189 e. The lowest BCUT2D eigenvalue weighted by molar-refractivity contribution is 0.530. The molecule has 0 saturated heterocycles. The number of hydrogen-bond acceptors (Lipinski definition) is 9. The summed E-state index contributed by atoms with van der Waals surface area (Å²) >= 11 is 11.6. The molecule has 9 heteroatoms. The molecule has 1 aromatic rings. The first-order valence-electron chi connectivity index (χ1n) is 29.4. The second-order valence-electron chi connectivity index (χ2n) is 19.5. The van der Waals surface area contributed by atoms with Crippen molar-refractivity contribution >= 4 is 37.9 Å². The topological polar surface area (TPSA) is 117 Å². The lowest BCUT2D eigenvalue weighted by Gasteiger charge is -2.03. The first-order valence-corrected chi connectivity index (χ1v) is 30.7. The van der Waals surface area contributed by atoms with E-state index >= 15 is 0 Å². The van der Waals surface area contributed by atoms with Crippen LogP contribution in [-0.2, 0) is 0 Å². The summed E-state index contributed by atoms with van der Waals surface area (Å²) in [6, 6.07) is 0. The molecular formula is C57H120N6S3. The van der Waals surface area contributed by atoms with Gasteiger partial charge in [0.15, 0.2) is 15.5 Å². The number of nitrogens with zero attached hydrogens (tertiary/aromatic N) is 3. The molecule has 0 aromatic carbocycles. The zero-order valence-electron chi connectivity index (χ0n) is 45.0. The van der Waals surface area contributed by atoms with Gasteiger partial charge in [0.2, 0.25) is 0 Å². The Bertz CT molecular complexity index is 795. The van der Waals surface area contributed by atoms with Crippen molar-refractivity contribution in [3.63, 3.8) is 0 Å². The van der Waals surface area contributed by atoms with Crippen molar-refractivity contribution in [2.75, 3.05) is 19.6 Å². The summed E-state index contributed by atoms with van der Waals surface area (Å²) in [5.74, 6) is 0. The Morgan fingerprint density at radius 1 is 0.212 bits per heavy atom. The van der Waals surface area contributed by atoms with Crippen LogP contribution < -0.4 is 17.2 Å². The molecule has 0 aliphatic carbocycles. The van der Waals surface area contributed by atoms with Gasteiger partial charge in [-0.3, -0.25) is 0 Å². The van der Waals surface area contributed by atoms with Crippen LogP contribution in [0.5, 0.6) is 0 Å². The molecule has 0 radical (unpaired) electrons. The van der Waals surface area contributed by atoms with Gasteiger partial charge >= 0.3 is 0 Å². The van der Waals surface area contributed by atoms with Gasteiger partial charge in [0.05, 0.1) is 0 Å². The largest absolute Gasteiger partial charge is 0.330 e. The maximum atomic E-state index is 5.48. The van der Waals surface area contributed by atoms with Gasteiger partial charge in [-0.25, -0.2) is 0 Å². The Morgan fingerprint density at radius 2 is 0.318 bits per heavy atom. The lowest BCUT2D eigenvalue weighted by Crippen LogP contribution is -1.97. The Kier molecular flexibility index (Phi) is 71.3. The highest BCUT2D eigenvalue weighted by Gasteiger charge is 1.98. The van der Waals surface area contributed by atoms with E-state index in [4.69, 9.17) is 17.2 Å². The summed E-state index contributed by atoms with van der Waals surface area (Å²) in [5.41, 5.74) is 16.4. The van der Waals surface area contributed by atoms with Crippen LogP contribution in [-0.4, -0.2) is 34.6 Å². The van der Waals surface area contributed by atoms with Crippen molar-refractivity contribution in [3.8, 4) is 0 Å². The van der Waals surface area contributed by atoms with E-state index < -0.39 is 0 Å². The summed E-state index contributed by atoms with van der Waals surface area (Å²) < 4.78 is 0. The molecule has 1 aromatic heterocycles. The third kappa shape index (κ3) is 70.5. The molecule has 0 atom stereocenters. The lowest BCUT2D eigenvalue weighted by atomic mass is 10.0. The van der Waals surface area contributed by atoms with Crippen LogP contribution >= 0.6 is 37.9 Å². The molecule has 0 spiro atoms. The molecule has 1 heterocycles. The van der Waals surface area contributed by atoms with Crippen LogP contribution in [0, 0.1) is 0 Å². The smallest absolute Gasteiger partial charge is 0.189 e. The zero-order chi connectivity index (χ0) is 48.9. The molecule has 0 fully saturated rings. The van der Waals surface area contributed by atoms with Crippen molar-refractivity contribution in [3.05, 3.63) is 0 Å². The number of nitrogens with two attached hydrogens (primary N) is 3. The molecule has 6 N–H and O–H groups in total. The van der Waals surface area contributed by atoms with Crippen molar-refractivity contribution in [1.82, 2.24) is 15.0 Å². The Labute approximate surface area is 431 Å². The second kappa shape index (κ2) is 67.0. The standard InChI is InChI=1S/3C18H39N.C3H3N3S3/c3*1-2-3-4-5-6-7-8-9-10-11-12-13-14-15-16-17-18-19;7-1-4-2(8)6-3(9)5-1/h3*2-19H2,1H3;(H3,4,5,6,7,8,9). The molecule has 0 aliphatic rings. The van der Waals surface area contributed by atoms with Crippen molar-refractivity contribution in [1.29, 1.82) is 0 Å². The molecule has 396 valence electrons. The third-order valence-electron chi connectivity index (χ3n) is 12.8. The van der Waals surface area contributed by atoms with Crippen LogP contribution in [0.1, 0.15) is 329 Å². The zero-order valence-corrected chi connectivity index (χ0v) is 47.7. The Morgan fingerprint density at radius 3 is 0.424 bits per heavy atom. The van der Waals surface area contributed by atoms with E-state index in [0.29, 0.717) is 15.5 Å². The van der Waals surface area contributed by atoms with Crippen molar-refractivity contribution in [2.45, 2.75) is 344 Å². The summed E-state index contributed by atoms with van der Waals surface area (Å²) in [5, 5.41) is 1.00. The van der Waals surface area contributed by atoms with Crippen LogP contribution in [0.3, 0.4) is 0 Å². The first kappa shape index (κ1) is 70.2. The van der Waals surface area contributed by atoms with Gasteiger partial charge in [-0.05, 0) is 38.9 Å². The van der Waals surface area contributed by atoms with E-state index in [9.17, 15) is 0 Å². The van der Waals surface area contributed by atoms with Gasteiger partial charge < -0.3 is 17.2 Å². The summed E-state index contributed by atoms with van der Waals surface area (Å²) in [6.45, 7) is 9.49. The predicted octanol–water partition coefficient (Wildman–Crippen LogP) is 19.4. The predicted molar refractivity (Wildman–Crippen MR) is 307 cm³/mol. The highest BCUT2D eigenvalue weighted by atomic mass is 32.1. The average molecular weight is 986 g/mol. The van der Waals surface area contributed by atoms with Crippen LogP contribution in [0.15, 0.2) is 15.5 Å².